The van der Waals surface area contributed by atoms with Crippen molar-refractivity contribution in [2.45, 2.75) is 18.7 Å². The lowest BCUT2D eigenvalue weighted by Gasteiger charge is -2.09. The predicted octanol–water partition coefficient (Wildman–Crippen LogP) is 2.77. The van der Waals surface area contributed by atoms with Crippen LogP contribution in [-0.2, 0) is 4.79 Å². The number of carbonyl (C=O) groups excluding carboxylic acids is 1. The summed E-state index contributed by atoms with van der Waals surface area (Å²) >= 11 is 3.22. The zero-order chi connectivity index (χ0) is 13.1. The van der Waals surface area contributed by atoms with Crippen LogP contribution in [-0.4, -0.2) is 20.9 Å². The second kappa shape index (κ2) is 5.30. The molecule has 18 heavy (non-hydrogen) atoms. The van der Waals surface area contributed by atoms with E-state index in [1.54, 1.807) is 19.9 Å². The number of para-hydroxylation sites is 1. The highest BCUT2D eigenvalue weighted by Gasteiger charge is 2.15. The van der Waals surface area contributed by atoms with E-state index in [2.05, 4.69) is 31.4 Å². The number of carbonyl (C=O) groups is 1. The molecule has 1 amide bonds. The quantitative estimate of drug-likeness (QED) is 0.885. The number of benzene rings is 1. The van der Waals surface area contributed by atoms with Crippen LogP contribution in [0.25, 0.3) is 11.5 Å². The second-order valence-corrected chi connectivity index (χ2v) is 5.17. The molecule has 0 aliphatic heterocycles. The van der Waals surface area contributed by atoms with Crippen LogP contribution in [0.5, 0.6) is 0 Å². The maximum absolute atomic E-state index is 11.7. The Bertz CT molecular complexity index is 566. The Labute approximate surface area is 113 Å². The minimum atomic E-state index is -0.269. The third-order valence-corrected chi connectivity index (χ3v) is 2.72. The number of hydrogen-bond acceptors (Lipinski definition) is 4. The molecule has 0 saturated carbocycles. The van der Waals surface area contributed by atoms with Crippen LogP contribution in [0, 0.1) is 6.92 Å². The van der Waals surface area contributed by atoms with E-state index in [1.807, 2.05) is 18.2 Å². The lowest BCUT2D eigenvalue weighted by atomic mass is 10.1. The molecular formula is C12H12BrN3O2. The van der Waals surface area contributed by atoms with Crippen LogP contribution in [0.1, 0.15) is 12.7 Å². The molecule has 1 atom stereocenters. The number of rotatable bonds is 3. The molecule has 2 rings (SSSR count). The van der Waals surface area contributed by atoms with Gasteiger partial charge in [0, 0.05) is 0 Å². The summed E-state index contributed by atoms with van der Waals surface area (Å²) in [6.07, 6.45) is 0. The molecular weight excluding hydrogens is 298 g/mol. The summed E-state index contributed by atoms with van der Waals surface area (Å²) in [5.74, 6) is 0.823. The molecule has 1 unspecified atom stereocenters. The first-order valence-electron chi connectivity index (χ1n) is 5.42. The van der Waals surface area contributed by atoms with E-state index in [0.29, 0.717) is 23.0 Å². The first-order valence-corrected chi connectivity index (χ1v) is 6.34. The van der Waals surface area contributed by atoms with Gasteiger partial charge in [0.2, 0.25) is 5.91 Å². The summed E-state index contributed by atoms with van der Waals surface area (Å²) < 4.78 is 5.11. The number of nitrogens with zero attached hydrogens (tertiary/aromatic N) is 2. The fraction of sp³-hybridized carbons (Fsp3) is 0.250. The number of anilines is 1. The Morgan fingerprint density at radius 2 is 2.17 bits per heavy atom. The maximum atomic E-state index is 11.7. The molecule has 1 aromatic heterocycles. The van der Waals surface area contributed by atoms with Gasteiger partial charge >= 0.3 is 0 Å². The monoisotopic (exact) mass is 309 g/mol. The average Bonchev–Trinajstić information content (AvgIpc) is 2.76. The standard InChI is InChI=1S/C12H12BrN3O2/c1-7(13)11(17)15-10-6-4-3-5-9(10)12-14-8(2)16-18-12/h3-7H,1-2H3,(H,15,17). The number of aromatic nitrogens is 2. The molecule has 6 heteroatoms. The lowest BCUT2D eigenvalue weighted by Crippen LogP contribution is -2.20. The minimum absolute atomic E-state index is 0.126. The number of aryl methyl sites for hydroxylation is 1. The normalized spacial score (nSPS) is 12.2. The maximum Gasteiger partial charge on any atom is 0.260 e. The third kappa shape index (κ3) is 2.76. The van der Waals surface area contributed by atoms with Crippen molar-refractivity contribution < 1.29 is 9.32 Å². The van der Waals surface area contributed by atoms with Gasteiger partial charge in [-0.2, -0.15) is 4.98 Å². The Kier molecular flexibility index (Phi) is 3.76. The fourth-order valence-electron chi connectivity index (χ4n) is 1.42. The summed E-state index contributed by atoms with van der Waals surface area (Å²) in [7, 11) is 0. The zero-order valence-corrected chi connectivity index (χ0v) is 11.6. The SMILES string of the molecule is Cc1noc(-c2ccccc2NC(=O)C(C)Br)n1. The number of nitrogens with one attached hydrogen (secondary N) is 1. The van der Waals surface area contributed by atoms with Crippen molar-refractivity contribution in [1.29, 1.82) is 0 Å². The largest absolute Gasteiger partial charge is 0.334 e. The van der Waals surface area contributed by atoms with Crippen LogP contribution in [0.2, 0.25) is 0 Å². The lowest BCUT2D eigenvalue weighted by molar-refractivity contribution is -0.115. The van der Waals surface area contributed by atoms with Crippen LogP contribution in [0.3, 0.4) is 0 Å². The highest BCUT2D eigenvalue weighted by Crippen LogP contribution is 2.26. The van der Waals surface area contributed by atoms with Gasteiger partial charge in [0.05, 0.1) is 16.1 Å². The van der Waals surface area contributed by atoms with Gasteiger partial charge in [-0.05, 0) is 26.0 Å². The van der Waals surface area contributed by atoms with E-state index in [0.717, 1.165) is 0 Å². The zero-order valence-electron chi connectivity index (χ0n) is 9.98. The molecule has 5 nitrogen and oxygen atoms in total. The highest BCUT2D eigenvalue weighted by molar-refractivity contribution is 9.10. The number of halogens is 1. The summed E-state index contributed by atoms with van der Waals surface area (Å²) in [5.41, 5.74) is 1.36. The topological polar surface area (TPSA) is 68.0 Å². The first kappa shape index (κ1) is 12.8. The van der Waals surface area contributed by atoms with Crippen molar-refractivity contribution in [3.63, 3.8) is 0 Å². The summed E-state index contributed by atoms with van der Waals surface area (Å²) in [6.45, 7) is 3.50. The minimum Gasteiger partial charge on any atom is -0.334 e. The van der Waals surface area contributed by atoms with Crippen molar-refractivity contribution in [2.24, 2.45) is 0 Å². The van der Waals surface area contributed by atoms with Gasteiger partial charge in [-0.3, -0.25) is 4.79 Å². The molecule has 0 radical (unpaired) electrons. The van der Waals surface area contributed by atoms with Crippen molar-refractivity contribution >= 4 is 27.5 Å². The van der Waals surface area contributed by atoms with Gasteiger partial charge < -0.3 is 9.84 Å². The number of alkyl halides is 1. The van der Waals surface area contributed by atoms with Gasteiger partial charge in [-0.25, -0.2) is 0 Å². The van der Waals surface area contributed by atoms with E-state index in [-0.39, 0.29) is 10.7 Å². The van der Waals surface area contributed by atoms with Gasteiger partial charge in [0.25, 0.3) is 5.89 Å². The molecule has 0 spiro atoms. The third-order valence-electron chi connectivity index (χ3n) is 2.30. The second-order valence-electron chi connectivity index (χ2n) is 3.80. The molecule has 1 N–H and O–H groups in total. The molecule has 0 aliphatic rings. The van der Waals surface area contributed by atoms with Crippen molar-refractivity contribution in [2.75, 3.05) is 5.32 Å². The smallest absolute Gasteiger partial charge is 0.260 e. The molecule has 0 aliphatic carbocycles. The Morgan fingerprint density at radius 3 is 2.78 bits per heavy atom. The van der Waals surface area contributed by atoms with E-state index in [1.165, 1.54) is 0 Å². The molecule has 0 fully saturated rings. The van der Waals surface area contributed by atoms with E-state index in [4.69, 9.17) is 4.52 Å². The number of hydrogen-bond donors (Lipinski definition) is 1. The highest BCUT2D eigenvalue weighted by atomic mass is 79.9. The number of amides is 1. The Morgan fingerprint density at radius 1 is 1.44 bits per heavy atom. The van der Waals surface area contributed by atoms with Gasteiger partial charge in [0.1, 0.15) is 0 Å². The molecule has 0 bridgehead atoms. The Balaban J connectivity index is 2.34. The summed E-state index contributed by atoms with van der Waals surface area (Å²) in [4.78, 5) is 15.6. The molecule has 1 heterocycles. The molecule has 2 aromatic rings. The van der Waals surface area contributed by atoms with Crippen molar-refractivity contribution in [1.82, 2.24) is 10.1 Å². The summed E-state index contributed by atoms with van der Waals surface area (Å²) in [6, 6.07) is 7.30. The molecule has 94 valence electrons. The van der Waals surface area contributed by atoms with E-state index in [9.17, 15) is 4.79 Å². The van der Waals surface area contributed by atoms with Gasteiger partial charge in [-0.1, -0.05) is 33.2 Å². The van der Waals surface area contributed by atoms with Crippen LogP contribution < -0.4 is 5.32 Å². The average molecular weight is 310 g/mol. The van der Waals surface area contributed by atoms with Crippen LogP contribution >= 0.6 is 15.9 Å². The van der Waals surface area contributed by atoms with Gasteiger partial charge in [-0.15, -0.1) is 0 Å². The van der Waals surface area contributed by atoms with Gasteiger partial charge in [0.15, 0.2) is 5.82 Å². The predicted molar refractivity (Wildman–Crippen MR) is 71.5 cm³/mol. The fourth-order valence-corrected chi connectivity index (χ4v) is 1.53. The van der Waals surface area contributed by atoms with Crippen LogP contribution in [0.15, 0.2) is 28.8 Å². The Hall–Kier alpha value is -1.69. The summed E-state index contributed by atoms with van der Waals surface area (Å²) in [5, 5.41) is 6.54. The van der Waals surface area contributed by atoms with Crippen LogP contribution in [0.4, 0.5) is 5.69 Å². The van der Waals surface area contributed by atoms with Crippen molar-refractivity contribution in [3.05, 3.63) is 30.1 Å². The molecule has 1 aromatic carbocycles. The van der Waals surface area contributed by atoms with E-state index >= 15 is 0 Å². The first-order chi connectivity index (χ1) is 8.58. The van der Waals surface area contributed by atoms with Crippen molar-refractivity contribution in [3.8, 4) is 11.5 Å². The molecule has 0 saturated heterocycles. The van der Waals surface area contributed by atoms with E-state index < -0.39 is 0 Å².